The van der Waals surface area contributed by atoms with Crippen molar-refractivity contribution in [2.24, 2.45) is 0 Å². The molecule has 1 aromatic rings. The van der Waals surface area contributed by atoms with Crippen LogP contribution in [0, 0.1) is 0 Å². The topological polar surface area (TPSA) is 84.0 Å². The molecule has 3 rings (SSSR count). The van der Waals surface area contributed by atoms with Gasteiger partial charge in [-0.2, -0.15) is 0 Å². The van der Waals surface area contributed by atoms with Gasteiger partial charge in [-0.1, -0.05) is 17.2 Å². The summed E-state index contributed by atoms with van der Waals surface area (Å²) in [6, 6.07) is 6.22. The third-order valence-corrected chi connectivity index (χ3v) is 4.04. The van der Waals surface area contributed by atoms with E-state index in [1.807, 2.05) is 0 Å². The van der Waals surface area contributed by atoms with Gasteiger partial charge in [0.2, 0.25) is 5.91 Å². The quantitative estimate of drug-likeness (QED) is 0.746. The fraction of sp³-hybridized carbons (Fsp3) is 0.231. The summed E-state index contributed by atoms with van der Waals surface area (Å²) in [6.45, 7) is -0.279. The summed E-state index contributed by atoms with van der Waals surface area (Å²) >= 11 is 1.39. The zero-order valence-corrected chi connectivity index (χ0v) is 11.6. The van der Waals surface area contributed by atoms with E-state index in [0.717, 1.165) is 0 Å². The molecule has 0 unspecified atom stereocenters. The number of hydroxylamine groups is 2. The second-order valence-electron chi connectivity index (χ2n) is 4.48. The standard InChI is InChI=1S/C13H10N2O5S/c16-10-6-21-7-14(10)5-11(17)20-15-12(18)8-3-1-2-4-9(8)13(15)19/h1-4H,5-7H2. The Labute approximate surface area is 123 Å². The average molecular weight is 306 g/mol. The molecular formula is C13H10N2O5S. The fourth-order valence-electron chi connectivity index (χ4n) is 2.08. The monoisotopic (exact) mass is 306 g/mol. The van der Waals surface area contributed by atoms with Crippen LogP contribution in [0.25, 0.3) is 0 Å². The van der Waals surface area contributed by atoms with Gasteiger partial charge < -0.3 is 9.74 Å². The first-order chi connectivity index (χ1) is 10.1. The maximum atomic E-state index is 12.0. The van der Waals surface area contributed by atoms with Crippen LogP contribution in [0.5, 0.6) is 0 Å². The Balaban J connectivity index is 1.69. The van der Waals surface area contributed by atoms with E-state index < -0.39 is 17.8 Å². The molecule has 0 aromatic heterocycles. The molecule has 2 aliphatic rings. The minimum Gasteiger partial charge on any atom is -0.328 e. The van der Waals surface area contributed by atoms with E-state index in [2.05, 4.69) is 0 Å². The van der Waals surface area contributed by atoms with E-state index in [0.29, 0.717) is 16.7 Å². The van der Waals surface area contributed by atoms with Crippen LogP contribution in [0.4, 0.5) is 0 Å². The molecular weight excluding hydrogens is 296 g/mol. The summed E-state index contributed by atoms with van der Waals surface area (Å²) in [5, 5.41) is 0.445. The summed E-state index contributed by atoms with van der Waals surface area (Å²) in [5.41, 5.74) is 0.395. The molecule has 0 spiro atoms. The number of imide groups is 1. The Morgan fingerprint density at radius 2 is 1.76 bits per heavy atom. The summed E-state index contributed by atoms with van der Waals surface area (Å²) in [4.78, 5) is 53.3. The number of carbonyl (C=O) groups excluding carboxylic acids is 4. The molecule has 0 N–H and O–H groups in total. The lowest BCUT2D eigenvalue weighted by molar-refractivity contribution is -0.170. The molecule has 2 aliphatic heterocycles. The summed E-state index contributed by atoms with van der Waals surface area (Å²) in [6.07, 6.45) is 0. The smallest absolute Gasteiger partial charge is 0.328 e. The predicted molar refractivity (Wildman–Crippen MR) is 72.1 cm³/mol. The molecule has 2 heterocycles. The van der Waals surface area contributed by atoms with E-state index in [4.69, 9.17) is 4.84 Å². The number of fused-ring (bicyclic) bond motifs is 1. The first-order valence-electron chi connectivity index (χ1n) is 6.12. The minimum atomic E-state index is -0.819. The third kappa shape index (κ3) is 2.38. The minimum absolute atomic E-state index is 0.167. The normalized spacial score (nSPS) is 17.4. The Morgan fingerprint density at radius 1 is 1.14 bits per heavy atom. The van der Waals surface area contributed by atoms with E-state index >= 15 is 0 Å². The molecule has 108 valence electrons. The first kappa shape index (κ1) is 13.6. The average Bonchev–Trinajstić information content (AvgIpc) is 2.97. The number of amides is 3. The number of rotatable bonds is 3. The number of hydrogen-bond acceptors (Lipinski definition) is 6. The Bertz CT molecular complexity index is 625. The molecule has 1 saturated heterocycles. The van der Waals surface area contributed by atoms with Crippen LogP contribution in [0.15, 0.2) is 24.3 Å². The number of carbonyl (C=O) groups is 4. The largest absolute Gasteiger partial charge is 0.352 e. The molecule has 0 bridgehead atoms. The lowest BCUT2D eigenvalue weighted by Crippen LogP contribution is -2.38. The van der Waals surface area contributed by atoms with Gasteiger partial charge in [0, 0.05) is 0 Å². The van der Waals surface area contributed by atoms with Gasteiger partial charge >= 0.3 is 5.97 Å². The SMILES string of the molecule is O=C(CN1CSCC1=O)ON1C(=O)c2ccccc2C1=O. The van der Waals surface area contributed by atoms with Crippen molar-refractivity contribution in [3.8, 4) is 0 Å². The molecule has 0 saturated carbocycles. The van der Waals surface area contributed by atoms with Crippen molar-refractivity contribution in [2.45, 2.75) is 0 Å². The van der Waals surface area contributed by atoms with Crippen LogP contribution >= 0.6 is 11.8 Å². The van der Waals surface area contributed by atoms with Crippen LogP contribution in [0.3, 0.4) is 0 Å². The number of benzene rings is 1. The van der Waals surface area contributed by atoms with Crippen LogP contribution < -0.4 is 0 Å². The second kappa shape index (κ2) is 5.21. The van der Waals surface area contributed by atoms with Gasteiger partial charge in [0.1, 0.15) is 6.54 Å². The van der Waals surface area contributed by atoms with Gasteiger partial charge in [-0.15, -0.1) is 11.8 Å². The van der Waals surface area contributed by atoms with Gasteiger partial charge in [-0.3, -0.25) is 14.4 Å². The highest BCUT2D eigenvalue weighted by Gasteiger charge is 2.39. The molecule has 21 heavy (non-hydrogen) atoms. The zero-order chi connectivity index (χ0) is 15.0. The Hall–Kier alpha value is -2.35. The summed E-state index contributed by atoms with van der Waals surface area (Å²) < 4.78 is 0. The molecule has 0 radical (unpaired) electrons. The van der Waals surface area contributed by atoms with Gasteiger partial charge in [-0.25, -0.2) is 4.79 Å². The van der Waals surface area contributed by atoms with Gasteiger partial charge in [0.25, 0.3) is 11.8 Å². The molecule has 3 amide bonds. The Morgan fingerprint density at radius 3 is 2.29 bits per heavy atom. The number of nitrogens with zero attached hydrogens (tertiary/aromatic N) is 2. The van der Waals surface area contributed by atoms with E-state index in [9.17, 15) is 19.2 Å². The molecule has 8 heteroatoms. The summed E-state index contributed by atoms with van der Waals surface area (Å²) in [7, 11) is 0. The molecule has 0 atom stereocenters. The highest BCUT2D eigenvalue weighted by atomic mass is 32.2. The zero-order valence-electron chi connectivity index (χ0n) is 10.8. The van der Waals surface area contributed by atoms with Crippen LogP contribution in [-0.4, -0.2) is 51.8 Å². The van der Waals surface area contributed by atoms with Crippen molar-refractivity contribution in [1.82, 2.24) is 9.96 Å². The van der Waals surface area contributed by atoms with Crippen molar-refractivity contribution < 1.29 is 24.0 Å². The highest BCUT2D eigenvalue weighted by Crippen LogP contribution is 2.23. The maximum Gasteiger partial charge on any atom is 0.352 e. The molecule has 1 fully saturated rings. The van der Waals surface area contributed by atoms with Crippen molar-refractivity contribution in [2.75, 3.05) is 18.2 Å². The van der Waals surface area contributed by atoms with Crippen LogP contribution in [0.1, 0.15) is 20.7 Å². The van der Waals surface area contributed by atoms with E-state index in [-0.39, 0.29) is 23.6 Å². The van der Waals surface area contributed by atoms with E-state index in [1.165, 1.54) is 28.8 Å². The lowest BCUT2D eigenvalue weighted by Gasteiger charge is -2.16. The van der Waals surface area contributed by atoms with Crippen molar-refractivity contribution in [3.63, 3.8) is 0 Å². The maximum absolute atomic E-state index is 12.0. The van der Waals surface area contributed by atoms with Crippen molar-refractivity contribution in [1.29, 1.82) is 0 Å². The van der Waals surface area contributed by atoms with Gasteiger partial charge in [0.05, 0.1) is 22.8 Å². The molecule has 1 aromatic carbocycles. The number of hydrogen-bond donors (Lipinski definition) is 0. The highest BCUT2D eigenvalue weighted by molar-refractivity contribution is 8.00. The van der Waals surface area contributed by atoms with E-state index in [1.54, 1.807) is 12.1 Å². The van der Waals surface area contributed by atoms with Gasteiger partial charge in [0.15, 0.2) is 0 Å². The Kier molecular flexibility index (Phi) is 3.38. The molecule has 0 aliphatic carbocycles. The summed E-state index contributed by atoms with van der Waals surface area (Å²) in [5.74, 6) is -1.62. The van der Waals surface area contributed by atoms with Crippen molar-refractivity contribution >= 4 is 35.5 Å². The first-order valence-corrected chi connectivity index (χ1v) is 7.27. The van der Waals surface area contributed by atoms with Crippen LogP contribution in [-0.2, 0) is 14.4 Å². The van der Waals surface area contributed by atoms with Crippen molar-refractivity contribution in [3.05, 3.63) is 35.4 Å². The second-order valence-corrected chi connectivity index (χ2v) is 5.44. The van der Waals surface area contributed by atoms with Gasteiger partial charge in [-0.05, 0) is 12.1 Å². The third-order valence-electron chi connectivity index (χ3n) is 3.10. The predicted octanol–water partition coefficient (Wildman–Crippen LogP) is 0.274. The molecule has 7 nitrogen and oxygen atoms in total. The lowest BCUT2D eigenvalue weighted by atomic mass is 10.1. The number of thioether (sulfide) groups is 1. The van der Waals surface area contributed by atoms with Crippen LogP contribution in [0.2, 0.25) is 0 Å². The fourth-order valence-corrected chi connectivity index (χ4v) is 2.98.